The van der Waals surface area contributed by atoms with E-state index < -0.39 is 15.7 Å². The average molecular weight is 334 g/mol. The smallest absolute Gasteiger partial charge is 0.150 e. The van der Waals surface area contributed by atoms with Crippen molar-refractivity contribution in [3.63, 3.8) is 0 Å². The Hall–Kier alpha value is -0.650. The fourth-order valence-electron chi connectivity index (χ4n) is 2.82. The highest BCUT2D eigenvalue weighted by atomic mass is 35.5. The van der Waals surface area contributed by atoms with Crippen LogP contribution < -0.4 is 5.32 Å². The van der Waals surface area contributed by atoms with Crippen LogP contribution in [0.2, 0.25) is 5.02 Å². The topological polar surface area (TPSA) is 46.2 Å². The first kappa shape index (κ1) is 16.7. The van der Waals surface area contributed by atoms with Crippen molar-refractivity contribution in [1.29, 1.82) is 0 Å². The standard InChI is InChI=1S/C15H21ClFNO2S/c1-2-7-18-14(12-6-8-21(19,20)10-12)9-11-4-3-5-13(17)15(11)16/h3-5,12,14,18H,2,6-10H2,1H3. The Morgan fingerprint density at radius 1 is 1.48 bits per heavy atom. The molecule has 0 saturated carbocycles. The highest BCUT2D eigenvalue weighted by Gasteiger charge is 2.33. The van der Waals surface area contributed by atoms with Gasteiger partial charge in [0.25, 0.3) is 0 Å². The van der Waals surface area contributed by atoms with Gasteiger partial charge in [-0.3, -0.25) is 0 Å². The molecule has 3 nitrogen and oxygen atoms in total. The van der Waals surface area contributed by atoms with Crippen LogP contribution in [0.15, 0.2) is 18.2 Å². The number of hydrogen-bond donors (Lipinski definition) is 1. The lowest BCUT2D eigenvalue weighted by Gasteiger charge is -2.24. The van der Waals surface area contributed by atoms with Gasteiger partial charge in [0.05, 0.1) is 16.5 Å². The molecule has 1 aliphatic heterocycles. The van der Waals surface area contributed by atoms with Gasteiger partial charge in [-0.05, 0) is 43.4 Å². The lowest BCUT2D eigenvalue weighted by Crippen LogP contribution is -2.39. The van der Waals surface area contributed by atoms with Crippen molar-refractivity contribution < 1.29 is 12.8 Å². The Morgan fingerprint density at radius 2 is 2.24 bits per heavy atom. The number of rotatable bonds is 6. The van der Waals surface area contributed by atoms with E-state index in [0.29, 0.717) is 12.8 Å². The summed E-state index contributed by atoms with van der Waals surface area (Å²) in [6, 6.07) is 4.79. The quantitative estimate of drug-likeness (QED) is 0.870. The molecule has 2 rings (SSSR count). The van der Waals surface area contributed by atoms with E-state index >= 15 is 0 Å². The summed E-state index contributed by atoms with van der Waals surface area (Å²) in [6.07, 6.45) is 2.18. The summed E-state index contributed by atoms with van der Waals surface area (Å²) in [5.41, 5.74) is 0.731. The van der Waals surface area contributed by atoms with Gasteiger partial charge in [-0.15, -0.1) is 0 Å². The third-order valence-corrected chi connectivity index (χ3v) is 6.18. The zero-order valence-corrected chi connectivity index (χ0v) is 13.7. The van der Waals surface area contributed by atoms with Crippen molar-refractivity contribution in [2.24, 2.45) is 5.92 Å². The minimum absolute atomic E-state index is 0.0153. The fraction of sp³-hybridized carbons (Fsp3) is 0.600. The van der Waals surface area contributed by atoms with Crippen LogP contribution >= 0.6 is 11.6 Å². The average Bonchev–Trinajstić information content (AvgIpc) is 2.79. The maximum absolute atomic E-state index is 13.5. The normalized spacial score (nSPS) is 22.3. The molecule has 2 atom stereocenters. The molecule has 0 aliphatic carbocycles. The van der Waals surface area contributed by atoms with Crippen molar-refractivity contribution in [1.82, 2.24) is 5.32 Å². The SMILES string of the molecule is CCCNC(Cc1cccc(F)c1Cl)C1CCS(=O)(=O)C1. The lowest BCUT2D eigenvalue weighted by atomic mass is 9.92. The third kappa shape index (κ3) is 4.41. The van der Waals surface area contributed by atoms with Crippen LogP contribution in [0.5, 0.6) is 0 Å². The van der Waals surface area contributed by atoms with E-state index in [1.165, 1.54) is 6.07 Å². The summed E-state index contributed by atoms with van der Waals surface area (Å²) in [6.45, 7) is 2.87. The van der Waals surface area contributed by atoms with E-state index in [1.54, 1.807) is 12.1 Å². The second kappa shape index (κ2) is 7.07. The number of sulfone groups is 1. The largest absolute Gasteiger partial charge is 0.313 e. The van der Waals surface area contributed by atoms with Crippen molar-refractivity contribution in [3.05, 3.63) is 34.6 Å². The molecule has 1 aliphatic rings. The van der Waals surface area contributed by atoms with Crippen LogP contribution in [-0.4, -0.2) is 32.5 Å². The summed E-state index contributed by atoms with van der Waals surface area (Å²) in [7, 11) is -2.92. The Balaban J connectivity index is 2.15. The fourth-order valence-corrected chi connectivity index (χ4v) is 4.90. The van der Waals surface area contributed by atoms with Crippen LogP contribution in [-0.2, 0) is 16.3 Å². The van der Waals surface area contributed by atoms with Gasteiger partial charge in [0.15, 0.2) is 9.84 Å². The van der Waals surface area contributed by atoms with Crippen LogP contribution in [0.1, 0.15) is 25.3 Å². The summed E-state index contributed by atoms with van der Waals surface area (Å²) < 4.78 is 36.9. The van der Waals surface area contributed by atoms with Crippen LogP contribution in [0.25, 0.3) is 0 Å². The minimum Gasteiger partial charge on any atom is -0.313 e. The lowest BCUT2D eigenvalue weighted by molar-refractivity contribution is 0.379. The molecule has 0 radical (unpaired) electrons. The Morgan fingerprint density at radius 3 is 2.86 bits per heavy atom. The predicted molar refractivity (Wildman–Crippen MR) is 84.0 cm³/mol. The molecule has 1 N–H and O–H groups in total. The molecule has 1 heterocycles. The first-order chi connectivity index (χ1) is 9.93. The van der Waals surface area contributed by atoms with Gasteiger partial charge >= 0.3 is 0 Å². The van der Waals surface area contributed by atoms with E-state index in [2.05, 4.69) is 12.2 Å². The number of nitrogens with one attached hydrogen (secondary N) is 1. The molecule has 0 amide bonds. The molecule has 6 heteroatoms. The van der Waals surface area contributed by atoms with E-state index in [1.807, 2.05) is 0 Å². The van der Waals surface area contributed by atoms with Crippen LogP contribution in [0.3, 0.4) is 0 Å². The minimum atomic E-state index is -2.92. The third-order valence-electron chi connectivity index (χ3n) is 3.96. The molecule has 1 aromatic carbocycles. The highest BCUT2D eigenvalue weighted by molar-refractivity contribution is 7.91. The predicted octanol–water partition coefficient (Wildman–Crippen LogP) is 2.82. The summed E-state index contributed by atoms with van der Waals surface area (Å²) in [5.74, 6) is 0.100. The zero-order chi connectivity index (χ0) is 15.5. The van der Waals surface area contributed by atoms with Crippen molar-refractivity contribution in [2.45, 2.75) is 32.2 Å². The van der Waals surface area contributed by atoms with Gasteiger partial charge < -0.3 is 5.32 Å². The maximum Gasteiger partial charge on any atom is 0.150 e. The second-order valence-electron chi connectivity index (χ2n) is 5.64. The van der Waals surface area contributed by atoms with Gasteiger partial charge in [-0.1, -0.05) is 30.7 Å². The van der Waals surface area contributed by atoms with Gasteiger partial charge in [0, 0.05) is 6.04 Å². The monoisotopic (exact) mass is 333 g/mol. The maximum atomic E-state index is 13.5. The van der Waals surface area contributed by atoms with E-state index in [9.17, 15) is 12.8 Å². The molecule has 1 fully saturated rings. The van der Waals surface area contributed by atoms with Crippen molar-refractivity contribution in [2.75, 3.05) is 18.1 Å². The Bertz CT molecular complexity index is 591. The van der Waals surface area contributed by atoms with Crippen LogP contribution in [0, 0.1) is 11.7 Å². The summed E-state index contributed by atoms with van der Waals surface area (Å²) in [4.78, 5) is 0. The van der Waals surface area contributed by atoms with Crippen LogP contribution in [0.4, 0.5) is 4.39 Å². The van der Waals surface area contributed by atoms with Gasteiger partial charge in [-0.25, -0.2) is 12.8 Å². The van der Waals surface area contributed by atoms with Crippen molar-refractivity contribution >= 4 is 21.4 Å². The van der Waals surface area contributed by atoms with E-state index in [-0.39, 0.29) is 28.5 Å². The first-order valence-corrected chi connectivity index (χ1v) is 9.49. The number of hydrogen-bond acceptors (Lipinski definition) is 3. The van der Waals surface area contributed by atoms with Crippen molar-refractivity contribution in [3.8, 4) is 0 Å². The molecular weight excluding hydrogens is 313 g/mol. The summed E-state index contributed by atoms with van der Waals surface area (Å²) >= 11 is 6.01. The zero-order valence-electron chi connectivity index (χ0n) is 12.1. The molecule has 2 unspecified atom stereocenters. The Labute approximate surface area is 130 Å². The van der Waals surface area contributed by atoms with Gasteiger partial charge in [0.1, 0.15) is 5.82 Å². The number of halogens is 2. The molecular formula is C15H21ClFNO2S. The molecule has 21 heavy (non-hydrogen) atoms. The summed E-state index contributed by atoms with van der Waals surface area (Å²) in [5, 5.41) is 3.54. The van der Waals surface area contributed by atoms with Gasteiger partial charge in [0.2, 0.25) is 0 Å². The highest BCUT2D eigenvalue weighted by Crippen LogP contribution is 2.27. The molecule has 118 valence electrons. The molecule has 1 saturated heterocycles. The molecule has 0 bridgehead atoms. The second-order valence-corrected chi connectivity index (χ2v) is 8.25. The number of benzene rings is 1. The van der Waals surface area contributed by atoms with E-state index in [4.69, 9.17) is 11.6 Å². The molecule has 0 spiro atoms. The first-order valence-electron chi connectivity index (χ1n) is 7.29. The molecule has 0 aromatic heterocycles. The van der Waals surface area contributed by atoms with Gasteiger partial charge in [-0.2, -0.15) is 0 Å². The van der Waals surface area contributed by atoms with E-state index in [0.717, 1.165) is 18.5 Å². The Kier molecular flexibility index (Phi) is 5.63. The molecule has 1 aromatic rings.